The van der Waals surface area contributed by atoms with E-state index in [4.69, 9.17) is 4.74 Å². The van der Waals surface area contributed by atoms with Crippen LogP contribution in [0.5, 0.6) is 0 Å². The molecule has 0 saturated heterocycles. The number of nitrogens with one attached hydrogen (secondary N) is 1. The molecule has 0 fully saturated rings. The number of para-hydroxylation sites is 1. The minimum absolute atomic E-state index is 0.417. The van der Waals surface area contributed by atoms with Crippen molar-refractivity contribution in [3.63, 3.8) is 0 Å². The molecule has 0 aliphatic carbocycles. The van der Waals surface area contributed by atoms with Crippen LogP contribution in [0.25, 0.3) is 11.0 Å². The molecular formula is C16H20BrN3O2. The molecule has 1 aromatic heterocycles. The van der Waals surface area contributed by atoms with Gasteiger partial charge in [-0.3, -0.25) is 0 Å². The summed E-state index contributed by atoms with van der Waals surface area (Å²) in [6.45, 7) is 7.89. The predicted octanol–water partition coefficient (Wildman–Crippen LogP) is 3.77. The van der Waals surface area contributed by atoms with Crippen LogP contribution in [-0.4, -0.2) is 28.2 Å². The highest BCUT2D eigenvalue weighted by atomic mass is 79.9. The van der Waals surface area contributed by atoms with Crippen molar-refractivity contribution in [3.05, 3.63) is 34.1 Å². The number of hydrogen-bond acceptors (Lipinski definition) is 4. The summed E-state index contributed by atoms with van der Waals surface area (Å²) in [5.41, 5.74) is 2.94. The molecule has 1 amide bonds. The van der Waals surface area contributed by atoms with E-state index in [-0.39, 0.29) is 0 Å². The number of aryl methyl sites for hydroxylation is 1. The number of fused-ring (bicyclic) bond motifs is 1. The molecular weight excluding hydrogens is 346 g/mol. The SMILES string of the molecule is Cc1nc2cccc(Br)c2nc1CCNC(=O)OC(C)(C)C. The number of amides is 1. The van der Waals surface area contributed by atoms with Gasteiger partial charge in [0, 0.05) is 17.4 Å². The van der Waals surface area contributed by atoms with Gasteiger partial charge in [-0.15, -0.1) is 0 Å². The smallest absolute Gasteiger partial charge is 0.407 e. The van der Waals surface area contributed by atoms with E-state index in [1.54, 1.807) is 0 Å². The highest BCUT2D eigenvalue weighted by Crippen LogP contribution is 2.21. The Morgan fingerprint density at radius 2 is 2.05 bits per heavy atom. The number of benzene rings is 1. The molecule has 1 N–H and O–H groups in total. The predicted molar refractivity (Wildman–Crippen MR) is 89.9 cm³/mol. The zero-order valence-electron chi connectivity index (χ0n) is 13.2. The van der Waals surface area contributed by atoms with Crippen molar-refractivity contribution >= 4 is 33.1 Å². The average molecular weight is 366 g/mol. The minimum atomic E-state index is -0.492. The number of rotatable bonds is 3. The zero-order chi connectivity index (χ0) is 16.3. The lowest BCUT2D eigenvalue weighted by molar-refractivity contribution is 0.0528. The quantitative estimate of drug-likeness (QED) is 0.898. The number of carbonyl (C=O) groups excluding carboxylic acids is 1. The molecule has 0 bridgehead atoms. The molecule has 2 rings (SSSR count). The second kappa shape index (κ2) is 6.60. The summed E-state index contributed by atoms with van der Waals surface area (Å²) in [4.78, 5) is 20.8. The van der Waals surface area contributed by atoms with Crippen molar-refractivity contribution < 1.29 is 9.53 Å². The van der Waals surface area contributed by atoms with Gasteiger partial charge in [-0.25, -0.2) is 14.8 Å². The monoisotopic (exact) mass is 365 g/mol. The standard InChI is InChI=1S/C16H20BrN3O2/c1-10-12(8-9-18-15(21)22-16(2,3)4)20-14-11(17)6-5-7-13(14)19-10/h5-7H,8-9H2,1-4H3,(H,18,21). The Morgan fingerprint density at radius 3 is 2.73 bits per heavy atom. The highest BCUT2D eigenvalue weighted by Gasteiger charge is 2.16. The van der Waals surface area contributed by atoms with E-state index in [1.807, 2.05) is 45.9 Å². The summed E-state index contributed by atoms with van der Waals surface area (Å²) in [6.07, 6.45) is 0.190. The summed E-state index contributed by atoms with van der Waals surface area (Å²) in [5, 5.41) is 2.74. The van der Waals surface area contributed by atoms with E-state index in [0.717, 1.165) is 26.9 Å². The number of aromatic nitrogens is 2. The maximum absolute atomic E-state index is 11.6. The second-order valence-corrected chi connectivity index (χ2v) is 6.90. The van der Waals surface area contributed by atoms with Gasteiger partial charge < -0.3 is 10.1 Å². The van der Waals surface area contributed by atoms with E-state index in [1.165, 1.54) is 0 Å². The highest BCUT2D eigenvalue weighted by molar-refractivity contribution is 9.10. The molecule has 0 saturated carbocycles. The van der Waals surface area contributed by atoms with Crippen LogP contribution in [0, 0.1) is 6.92 Å². The molecule has 0 spiro atoms. The molecule has 0 unspecified atom stereocenters. The van der Waals surface area contributed by atoms with Crippen molar-refractivity contribution in [2.24, 2.45) is 0 Å². The Morgan fingerprint density at radius 1 is 1.32 bits per heavy atom. The Hall–Kier alpha value is -1.69. The van der Waals surface area contributed by atoms with Gasteiger partial charge in [-0.05, 0) is 55.8 Å². The molecule has 1 aromatic carbocycles. The van der Waals surface area contributed by atoms with Gasteiger partial charge in [-0.2, -0.15) is 0 Å². The Bertz CT molecular complexity index is 696. The number of halogens is 1. The third kappa shape index (κ3) is 4.40. The van der Waals surface area contributed by atoms with Gasteiger partial charge in [0.25, 0.3) is 0 Å². The Labute approximate surface area is 138 Å². The number of ether oxygens (including phenoxy) is 1. The largest absolute Gasteiger partial charge is 0.444 e. The fourth-order valence-corrected chi connectivity index (χ4v) is 2.44. The third-order valence-corrected chi connectivity index (χ3v) is 3.59. The molecule has 0 aliphatic rings. The van der Waals surface area contributed by atoms with Crippen molar-refractivity contribution in [3.8, 4) is 0 Å². The minimum Gasteiger partial charge on any atom is -0.444 e. The van der Waals surface area contributed by atoms with Crippen LogP contribution in [-0.2, 0) is 11.2 Å². The summed E-state index contributed by atoms with van der Waals surface area (Å²) in [7, 11) is 0. The van der Waals surface area contributed by atoms with Gasteiger partial charge in [0.05, 0.1) is 16.9 Å². The van der Waals surface area contributed by atoms with Crippen molar-refractivity contribution in [2.75, 3.05) is 6.54 Å². The maximum Gasteiger partial charge on any atom is 0.407 e. The summed E-state index contributed by atoms with van der Waals surface area (Å²) < 4.78 is 6.12. The Balaban J connectivity index is 2.04. The normalized spacial score (nSPS) is 11.5. The number of nitrogens with zero attached hydrogens (tertiary/aromatic N) is 2. The maximum atomic E-state index is 11.6. The van der Waals surface area contributed by atoms with E-state index in [9.17, 15) is 4.79 Å². The van der Waals surface area contributed by atoms with Crippen molar-refractivity contribution in [1.82, 2.24) is 15.3 Å². The van der Waals surface area contributed by atoms with Gasteiger partial charge in [0.15, 0.2) is 0 Å². The van der Waals surface area contributed by atoms with Crippen LogP contribution in [0.2, 0.25) is 0 Å². The number of hydrogen-bond donors (Lipinski definition) is 1. The summed E-state index contributed by atoms with van der Waals surface area (Å²) >= 11 is 3.49. The Kier molecular flexibility index (Phi) is 5.01. The van der Waals surface area contributed by atoms with Crippen LogP contribution in [0.15, 0.2) is 22.7 Å². The van der Waals surface area contributed by atoms with Crippen LogP contribution < -0.4 is 5.32 Å². The molecule has 5 nitrogen and oxygen atoms in total. The molecule has 118 valence electrons. The first-order valence-electron chi connectivity index (χ1n) is 7.15. The molecule has 0 aliphatic heterocycles. The van der Waals surface area contributed by atoms with Gasteiger partial charge >= 0.3 is 6.09 Å². The van der Waals surface area contributed by atoms with E-state index in [2.05, 4.69) is 31.2 Å². The lowest BCUT2D eigenvalue weighted by atomic mass is 10.2. The topological polar surface area (TPSA) is 64.1 Å². The number of alkyl carbamates (subject to hydrolysis) is 1. The fourth-order valence-electron chi connectivity index (χ4n) is 2.00. The summed E-state index contributed by atoms with van der Waals surface area (Å²) in [5.74, 6) is 0. The lowest BCUT2D eigenvalue weighted by Crippen LogP contribution is -2.33. The third-order valence-electron chi connectivity index (χ3n) is 2.95. The van der Waals surface area contributed by atoms with Gasteiger partial charge in [0.1, 0.15) is 11.1 Å². The van der Waals surface area contributed by atoms with Crippen LogP contribution >= 0.6 is 15.9 Å². The summed E-state index contributed by atoms with van der Waals surface area (Å²) in [6, 6.07) is 5.81. The van der Waals surface area contributed by atoms with Crippen LogP contribution in [0.1, 0.15) is 32.2 Å². The molecule has 6 heteroatoms. The first-order chi connectivity index (χ1) is 10.3. The molecule has 0 atom stereocenters. The van der Waals surface area contributed by atoms with E-state index >= 15 is 0 Å². The van der Waals surface area contributed by atoms with Gasteiger partial charge in [0.2, 0.25) is 0 Å². The van der Waals surface area contributed by atoms with Gasteiger partial charge in [-0.1, -0.05) is 6.07 Å². The van der Waals surface area contributed by atoms with Crippen molar-refractivity contribution in [1.29, 1.82) is 0 Å². The second-order valence-electron chi connectivity index (χ2n) is 6.04. The van der Waals surface area contributed by atoms with E-state index in [0.29, 0.717) is 13.0 Å². The first kappa shape index (κ1) is 16.7. The molecule has 22 heavy (non-hydrogen) atoms. The molecule has 0 radical (unpaired) electrons. The average Bonchev–Trinajstić information content (AvgIpc) is 2.38. The number of carbonyl (C=O) groups is 1. The van der Waals surface area contributed by atoms with Crippen molar-refractivity contribution in [2.45, 2.75) is 39.7 Å². The van der Waals surface area contributed by atoms with Crippen LogP contribution in [0.3, 0.4) is 0 Å². The fraction of sp³-hybridized carbons (Fsp3) is 0.438. The first-order valence-corrected chi connectivity index (χ1v) is 7.94. The molecule has 1 heterocycles. The van der Waals surface area contributed by atoms with Crippen LogP contribution in [0.4, 0.5) is 4.79 Å². The lowest BCUT2D eigenvalue weighted by Gasteiger charge is -2.19. The molecule has 2 aromatic rings. The van der Waals surface area contributed by atoms with E-state index < -0.39 is 11.7 Å². The zero-order valence-corrected chi connectivity index (χ0v) is 14.8.